The minimum Gasteiger partial charge on any atom is -0.323 e. The summed E-state index contributed by atoms with van der Waals surface area (Å²) in [5.41, 5.74) is 1.00. The van der Waals surface area contributed by atoms with Gasteiger partial charge < -0.3 is 5.32 Å². The van der Waals surface area contributed by atoms with Crippen LogP contribution in [0.15, 0.2) is 35.5 Å². The van der Waals surface area contributed by atoms with Crippen molar-refractivity contribution < 1.29 is 13.2 Å². The number of aryl methyl sites for hydroxylation is 1. The molecule has 0 saturated carbocycles. The van der Waals surface area contributed by atoms with Gasteiger partial charge in [-0.05, 0) is 42.3 Å². The largest absolute Gasteiger partial charge is 0.323 e. The maximum atomic E-state index is 11.9. The average molecular weight is 326 g/mol. The summed E-state index contributed by atoms with van der Waals surface area (Å²) in [7, 11) is -3.56. The van der Waals surface area contributed by atoms with Crippen molar-refractivity contribution >= 4 is 38.3 Å². The lowest BCUT2D eigenvalue weighted by Gasteiger charge is -2.12. The van der Waals surface area contributed by atoms with E-state index in [1.807, 2.05) is 0 Å². The van der Waals surface area contributed by atoms with E-state index >= 15 is 0 Å². The minimum absolute atomic E-state index is 0.0375. The van der Waals surface area contributed by atoms with Crippen LogP contribution in [0.25, 0.3) is 0 Å². The molecule has 1 heterocycles. The maximum absolute atomic E-state index is 11.9. The number of aromatic nitrogens is 2. The predicted molar refractivity (Wildman–Crippen MR) is 79.8 cm³/mol. The number of hydrogen-bond donors (Lipinski definition) is 1. The first-order valence-corrected chi connectivity index (χ1v) is 8.14. The quantitative estimate of drug-likeness (QED) is 0.868. The fourth-order valence-corrected chi connectivity index (χ4v) is 2.83. The second-order valence-electron chi connectivity index (χ2n) is 4.41. The first-order valence-electron chi connectivity index (χ1n) is 5.87. The number of halogens is 1. The molecule has 0 aliphatic rings. The monoisotopic (exact) mass is 325 g/mol. The summed E-state index contributed by atoms with van der Waals surface area (Å²) in [5, 5.41) is 2.12. The molecule has 110 valence electrons. The number of nitrogens with zero attached hydrogens (tertiary/aromatic N) is 2. The van der Waals surface area contributed by atoms with Crippen LogP contribution in [-0.2, 0) is 9.84 Å². The molecular formula is C13H12ClN3O3S. The molecule has 0 spiro atoms. The Morgan fingerprint density at radius 1 is 1.24 bits per heavy atom. The number of anilines is 2. The van der Waals surface area contributed by atoms with Crippen molar-refractivity contribution in [3.8, 4) is 0 Å². The van der Waals surface area contributed by atoms with E-state index < -0.39 is 15.1 Å². The van der Waals surface area contributed by atoms with Gasteiger partial charge in [0.2, 0.25) is 5.95 Å². The highest BCUT2D eigenvalue weighted by molar-refractivity contribution is 7.90. The predicted octanol–water partition coefficient (Wildman–Crippen LogP) is 2.31. The Balaban J connectivity index is 2.59. The van der Waals surface area contributed by atoms with E-state index in [1.54, 1.807) is 13.0 Å². The van der Waals surface area contributed by atoms with Crippen molar-refractivity contribution in [2.24, 2.45) is 0 Å². The number of sulfone groups is 1. The van der Waals surface area contributed by atoms with Crippen molar-refractivity contribution in [2.45, 2.75) is 11.8 Å². The van der Waals surface area contributed by atoms with Gasteiger partial charge in [0.15, 0.2) is 9.84 Å². The lowest BCUT2D eigenvalue weighted by atomic mass is 10.1. The minimum atomic E-state index is -3.56. The molecule has 1 aromatic heterocycles. The fraction of sp³-hybridized carbons (Fsp3) is 0.154. The van der Waals surface area contributed by atoms with Gasteiger partial charge in [-0.3, -0.25) is 4.79 Å². The van der Waals surface area contributed by atoms with E-state index in [0.717, 1.165) is 6.26 Å². The molecule has 0 bridgehead atoms. The number of hydrogen-bond acceptors (Lipinski definition) is 6. The van der Waals surface area contributed by atoms with Crippen LogP contribution in [0.5, 0.6) is 0 Å². The summed E-state index contributed by atoms with van der Waals surface area (Å²) in [4.78, 5) is 19.3. The summed E-state index contributed by atoms with van der Waals surface area (Å²) in [6.07, 6.45) is 4.11. The van der Waals surface area contributed by atoms with E-state index in [4.69, 9.17) is 11.6 Å². The molecule has 2 aromatic rings. The topological polar surface area (TPSA) is 89.0 Å². The molecule has 0 radical (unpaired) electrons. The Bertz CT molecular complexity index is 792. The van der Waals surface area contributed by atoms with Gasteiger partial charge in [-0.15, -0.1) is 0 Å². The van der Waals surface area contributed by atoms with Gasteiger partial charge in [0, 0.05) is 24.2 Å². The number of carbonyl (C=O) groups is 1. The van der Waals surface area contributed by atoms with Crippen LogP contribution in [0.3, 0.4) is 0 Å². The normalized spacial score (nSPS) is 11.2. The van der Waals surface area contributed by atoms with Crippen molar-refractivity contribution in [3.05, 3.63) is 41.7 Å². The molecule has 8 heteroatoms. The van der Waals surface area contributed by atoms with Crippen molar-refractivity contribution in [1.82, 2.24) is 9.97 Å². The Morgan fingerprint density at radius 2 is 1.86 bits per heavy atom. The van der Waals surface area contributed by atoms with E-state index in [1.165, 1.54) is 24.5 Å². The Labute approximate surface area is 127 Å². The van der Waals surface area contributed by atoms with Crippen LogP contribution in [0.2, 0.25) is 0 Å². The van der Waals surface area contributed by atoms with Gasteiger partial charge in [0.05, 0.1) is 10.6 Å². The van der Waals surface area contributed by atoms with E-state index in [2.05, 4.69) is 15.3 Å². The summed E-state index contributed by atoms with van der Waals surface area (Å²) < 4.78 is 23.8. The molecule has 1 aromatic carbocycles. The van der Waals surface area contributed by atoms with Crippen LogP contribution in [0.4, 0.5) is 11.6 Å². The molecule has 21 heavy (non-hydrogen) atoms. The Morgan fingerprint density at radius 3 is 2.38 bits per heavy atom. The highest BCUT2D eigenvalue weighted by atomic mass is 35.5. The maximum Gasteiger partial charge on any atom is 0.252 e. The molecule has 1 N–H and O–H groups in total. The van der Waals surface area contributed by atoms with Crippen LogP contribution < -0.4 is 5.32 Å². The molecule has 0 saturated heterocycles. The van der Waals surface area contributed by atoms with E-state index in [-0.39, 0.29) is 16.4 Å². The van der Waals surface area contributed by atoms with Crippen molar-refractivity contribution in [3.63, 3.8) is 0 Å². The second kappa shape index (κ2) is 5.79. The molecule has 6 nitrogen and oxygen atoms in total. The van der Waals surface area contributed by atoms with Crippen molar-refractivity contribution in [2.75, 3.05) is 11.6 Å². The third-order valence-corrected chi connectivity index (χ3v) is 4.09. The summed E-state index contributed by atoms with van der Waals surface area (Å²) >= 11 is 5.46. The first kappa shape index (κ1) is 15.4. The van der Waals surface area contributed by atoms with E-state index in [0.29, 0.717) is 11.3 Å². The second-order valence-corrected chi connectivity index (χ2v) is 6.73. The SMILES string of the molecule is Cc1cc(Nc2ncccn2)c(S(C)(=O)=O)cc1C(=O)Cl. The summed E-state index contributed by atoms with van der Waals surface area (Å²) in [6, 6.07) is 4.43. The number of benzene rings is 1. The van der Waals surface area contributed by atoms with Gasteiger partial charge in [-0.2, -0.15) is 0 Å². The smallest absolute Gasteiger partial charge is 0.252 e. The first-order chi connectivity index (χ1) is 9.79. The average Bonchev–Trinajstić information content (AvgIpc) is 2.38. The van der Waals surface area contributed by atoms with Crippen LogP contribution in [0, 0.1) is 6.92 Å². The molecule has 0 unspecified atom stereocenters. The summed E-state index contributed by atoms with van der Waals surface area (Å²) in [6.45, 7) is 1.67. The molecule has 0 aliphatic heterocycles. The molecule has 0 amide bonds. The molecule has 0 aliphatic carbocycles. The fourth-order valence-electron chi connectivity index (χ4n) is 1.79. The third kappa shape index (κ3) is 3.56. The standard InChI is InChI=1S/C13H12ClN3O3S/c1-8-6-10(17-13-15-4-3-5-16-13)11(21(2,19)20)7-9(8)12(14)18/h3-7H,1-2H3,(H,15,16,17). The molecule has 2 rings (SSSR count). The van der Waals surface area contributed by atoms with Crippen LogP contribution in [0.1, 0.15) is 15.9 Å². The molecular weight excluding hydrogens is 314 g/mol. The Kier molecular flexibility index (Phi) is 4.24. The van der Waals surface area contributed by atoms with Gasteiger partial charge in [0.25, 0.3) is 5.24 Å². The van der Waals surface area contributed by atoms with Gasteiger partial charge in [-0.25, -0.2) is 18.4 Å². The molecule has 0 atom stereocenters. The van der Waals surface area contributed by atoms with Gasteiger partial charge in [0.1, 0.15) is 0 Å². The number of carbonyl (C=O) groups excluding carboxylic acids is 1. The zero-order valence-corrected chi connectivity index (χ0v) is 12.9. The zero-order valence-electron chi connectivity index (χ0n) is 11.3. The third-order valence-electron chi connectivity index (χ3n) is 2.75. The highest BCUT2D eigenvalue weighted by Crippen LogP contribution is 2.28. The number of nitrogens with one attached hydrogen (secondary N) is 1. The van der Waals surface area contributed by atoms with Gasteiger partial charge in [-0.1, -0.05) is 0 Å². The number of rotatable bonds is 4. The summed E-state index contributed by atoms with van der Waals surface area (Å²) in [5.74, 6) is 0.256. The lowest BCUT2D eigenvalue weighted by Crippen LogP contribution is -2.07. The van der Waals surface area contributed by atoms with E-state index in [9.17, 15) is 13.2 Å². The molecule has 0 fully saturated rings. The highest BCUT2D eigenvalue weighted by Gasteiger charge is 2.19. The van der Waals surface area contributed by atoms with Gasteiger partial charge >= 0.3 is 0 Å². The Hall–Kier alpha value is -1.99. The van der Waals surface area contributed by atoms with Crippen molar-refractivity contribution in [1.29, 1.82) is 0 Å². The van der Waals surface area contributed by atoms with Crippen LogP contribution in [-0.4, -0.2) is 29.9 Å². The van der Waals surface area contributed by atoms with Crippen LogP contribution >= 0.6 is 11.6 Å². The zero-order chi connectivity index (χ0) is 15.6. The lowest BCUT2D eigenvalue weighted by molar-refractivity contribution is 0.108.